The summed E-state index contributed by atoms with van der Waals surface area (Å²) in [6.45, 7) is 1.96. The van der Waals surface area contributed by atoms with Crippen LogP contribution in [0.3, 0.4) is 0 Å². The third-order valence-electron chi connectivity index (χ3n) is 3.15. The molecular formula is C11H14BrNO2S. The van der Waals surface area contributed by atoms with Crippen LogP contribution in [0.15, 0.2) is 3.79 Å². The maximum Gasteiger partial charge on any atom is 0.307 e. The monoisotopic (exact) mass is 303 g/mol. The SMILES string of the molecule is Cc1nc([C@H]2CCCC[C@@H]2C(=O)O)c(Br)s1. The summed E-state index contributed by atoms with van der Waals surface area (Å²) in [4.78, 5) is 15.7. The number of carbonyl (C=O) groups is 1. The molecule has 1 fully saturated rings. The predicted octanol–water partition coefficient (Wildman–Crippen LogP) is 3.57. The number of carboxylic acid groups (broad SMARTS) is 1. The van der Waals surface area contributed by atoms with Crippen molar-refractivity contribution in [3.8, 4) is 0 Å². The van der Waals surface area contributed by atoms with Crippen LogP contribution in [0.25, 0.3) is 0 Å². The molecule has 0 spiro atoms. The summed E-state index contributed by atoms with van der Waals surface area (Å²) in [5, 5.41) is 10.2. The number of aliphatic carboxylic acids is 1. The van der Waals surface area contributed by atoms with Crippen molar-refractivity contribution in [2.75, 3.05) is 0 Å². The second-order valence-corrected chi connectivity index (χ2v) is 6.75. The summed E-state index contributed by atoms with van der Waals surface area (Å²) < 4.78 is 1.00. The van der Waals surface area contributed by atoms with Gasteiger partial charge in [-0.25, -0.2) is 4.98 Å². The minimum atomic E-state index is -0.678. The molecule has 1 aliphatic rings. The first kappa shape index (κ1) is 12.0. The van der Waals surface area contributed by atoms with Crippen LogP contribution in [0.5, 0.6) is 0 Å². The van der Waals surface area contributed by atoms with E-state index in [2.05, 4.69) is 20.9 Å². The van der Waals surface area contributed by atoms with Crippen LogP contribution in [-0.4, -0.2) is 16.1 Å². The number of carboxylic acids is 1. The average Bonchev–Trinajstić information content (AvgIpc) is 2.57. The largest absolute Gasteiger partial charge is 0.481 e. The van der Waals surface area contributed by atoms with Crippen LogP contribution < -0.4 is 0 Å². The molecule has 1 N–H and O–H groups in total. The fourth-order valence-electron chi connectivity index (χ4n) is 2.40. The molecule has 1 saturated carbocycles. The van der Waals surface area contributed by atoms with Crippen molar-refractivity contribution in [1.29, 1.82) is 0 Å². The lowest BCUT2D eigenvalue weighted by molar-refractivity contribution is -0.143. The molecule has 0 unspecified atom stereocenters. The van der Waals surface area contributed by atoms with Gasteiger partial charge in [0.05, 0.1) is 20.4 Å². The average molecular weight is 304 g/mol. The van der Waals surface area contributed by atoms with E-state index >= 15 is 0 Å². The Balaban J connectivity index is 2.29. The van der Waals surface area contributed by atoms with Crippen molar-refractivity contribution in [2.24, 2.45) is 5.92 Å². The lowest BCUT2D eigenvalue weighted by Crippen LogP contribution is -2.25. The van der Waals surface area contributed by atoms with Gasteiger partial charge < -0.3 is 5.11 Å². The molecule has 88 valence electrons. The summed E-state index contributed by atoms with van der Waals surface area (Å²) in [6, 6.07) is 0. The van der Waals surface area contributed by atoms with E-state index in [4.69, 9.17) is 0 Å². The number of rotatable bonds is 2. The lowest BCUT2D eigenvalue weighted by Gasteiger charge is -2.27. The predicted molar refractivity (Wildman–Crippen MR) is 66.9 cm³/mol. The maximum atomic E-state index is 11.2. The van der Waals surface area contributed by atoms with Gasteiger partial charge in [-0.2, -0.15) is 0 Å². The topological polar surface area (TPSA) is 50.2 Å². The van der Waals surface area contributed by atoms with E-state index in [9.17, 15) is 9.90 Å². The molecule has 0 amide bonds. The standard InChI is InChI=1S/C11H14BrNO2S/c1-6-13-9(10(12)16-6)7-4-2-3-5-8(7)11(14)15/h7-8H,2-5H2,1H3,(H,14,15)/t7-,8-/m0/s1. The summed E-state index contributed by atoms with van der Waals surface area (Å²) in [6.07, 6.45) is 3.85. The summed E-state index contributed by atoms with van der Waals surface area (Å²) in [7, 11) is 0. The van der Waals surface area contributed by atoms with E-state index in [0.29, 0.717) is 0 Å². The molecule has 1 aliphatic carbocycles. The van der Waals surface area contributed by atoms with Gasteiger partial charge in [0, 0.05) is 5.92 Å². The Morgan fingerprint density at radius 2 is 2.19 bits per heavy atom. The van der Waals surface area contributed by atoms with Crippen LogP contribution >= 0.6 is 27.3 Å². The zero-order valence-electron chi connectivity index (χ0n) is 9.07. The van der Waals surface area contributed by atoms with Crippen LogP contribution in [-0.2, 0) is 4.79 Å². The second kappa shape index (κ2) is 4.84. The lowest BCUT2D eigenvalue weighted by atomic mass is 9.78. The van der Waals surface area contributed by atoms with Crippen molar-refractivity contribution < 1.29 is 9.90 Å². The van der Waals surface area contributed by atoms with Crippen LogP contribution in [0.1, 0.15) is 42.3 Å². The molecule has 0 saturated heterocycles. The summed E-state index contributed by atoms with van der Waals surface area (Å²) in [5.74, 6) is -0.848. The fourth-order valence-corrected chi connectivity index (χ4v) is 4.19. The molecule has 2 rings (SSSR count). The molecule has 1 aromatic rings. The number of thiazole rings is 1. The van der Waals surface area contributed by atoms with Crippen molar-refractivity contribution in [2.45, 2.75) is 38.5 Å². The smallest absolute Gasteiger partial charge is 0.307 e. The minimum Gasteiger partial charge on any atom is -0.481 e. The highest BCUT2D eigenvalue weighted by Gasteiger charge is 2.34. The van der Waals surface area contributed by atoms with E-state index in [0.717, 1.165) is 40.2 Å². The van der Waals surface area contributed by atoms with Gasteiger partial charge in [-0.05, 0) is 35.7 Å². The van der Waals surface area contributed by atoms with E-state index in [1.54, 1.807) is 11.3 Å². The minimum absolute atomic E-state index is 0.0885. The Labute approximate surface area is 107 Å². The van der Waals surface area contributed by atoms with Gasteiger partial charge in [0.15, 0.2) is 0 Å². The Morgan fingerprint density at radius 1 is 1.50 bits per heavy atom. The highest BCUT2D eigenvalue weighted by molar-refractivity contribution is 9.11. The first-order valence-corrected chi connectivity index (χ1v) is 7.06. The Morgan fingerprint density at radius 3 is 2.75 bits per heavy atom. The molecule has 0 bridgehead atoms. The molecule has 0 aliphatic heterocycles. The van der Waals surface area contributed by atoms with Gasteiger partial charge in [0.1, 0.15) is 0 Å². The molecule has 3 nitrogen and oxygen atoms in total. The van der Waals surface area contributed by atoms with Gasteiger partial charge in [0.2, 0.25) is 0 Å². The van der Waals surface area contributed by atoms with E-state index < -0.39 is 5.97 Å². The number of nitrogens with zero attached hydrogens (tertiary/aromatic N) is 1. The highest BCUT2D eigenvalue weighted by Crippen LogP contribution is 2.41. The molecule has 0 radical (unpaired) electrons. The number of hydrogen-bond acceptors (Lipinski definition) is 3. The molecule has 2 atom stereocenters. The number of aryl methyl sites for hydroxylation is 1. The Hall–Kier alpha value is -0.420. The third kappa shape index (κ3) is 2.30. The zero-order chi connectivity index (χ0) is 11.7. The van der Waals surface area contributed by atoms with E-state index in [1.807, 2.05) is 6.92 Å². The Bertz CT molecular complexity index is 405. The highest BCUT2D eigenvalue weighted by atomic mass is 79.9. The van der Waals surface area contributed by atoms with E-state index in [1.165, 1.54) is 0 Å². The van der Waals surface area contributed by atoms with Gasteiger partial charge >= 0.3 is 5.97 Å². The number of halogens is 1. The maximum absolute atomic E-state index is 11.2. The van der Waals surface area contributed by atoms with E-state index in [-0.39, 0.29) is 11.8 Å². The first-order valence-electron chi connectivity index (χ1n) is 5.45. The van der Waals surface area contributed by atoms with Crippen molar-refractivity contribution in [1.82, 2.24) is 4.98 Å². The van der Waals surface area contributed by atoms with Gasteiger partial charge in [-0.1, -0.05) is 12.8 Å². The number of hydrogen-bond donors (Lipinski definition) is 1. The third-order valence-corrected chi connectivity index (χ3v) is 4.82. The van der Waals surface area contributed by atoms with Crippen molar-refractivity contribution in [3.05, 3.63) is 14.5 Å². The summed E-state index contributed by atoms with van der Waals surface area (Å²) >= 11 is 5.08. The van der Waals surface area contributed by atoms with Crippen LogP contribution in [0.2, 0.25) is 0 Å². The molecule has 1 heterocycles. The fraction of sp³-hybridized carbons (Fsp3) is 0.636. The molecule has 5 heteroatoms. The Kier molecular flexibility index (Phi) is 3.64. The van der Waals surface area contributed by atoms with Crippen LogP contribution in [0.4, 0.5) is 0 Å². The molecule has 0 aromatic carbocycles. The molecule has 1 aromatic heterocycles. The summed E-state index contributed by atoms with van der Waals surface area (Å²) in [5.41, 5.74) is 0.953. The second-order valence-electron chi connectivity index (χ2n) is 4.23. The van der Waals surface area contributed by atoms with Gasteiger partial charge in [-0.15, -0.1) is 11.3 Å². The number of aromatic nitrogens is 1. The van der Waals surface area contributed by atoms with Gasteiger partial charge in [0.25, 0.3) is 0 Å². The van der Waals surface area contributed by atoms with Crippen molar-refractivity contribution in [3.63, 3.8) is 0 Å². The molecule has 16 heavy (non-hydrogen) atoms. The zero-order valence-corrected chi connectivity index (χ0v) is 11.5. The first-order chi connectivity index (χ1) is 7.59. The normalized spacial score (nSPS) is 25.6. The molecular weight excluding hydrogens is 290 g/mol. The quantitative estimate of drug-likeness (QED) is 0.908. The van der Waals surface area contributed by atoms with Crippen molar-refractivity contribution >= 4 is 33.2 Å². The van der Waals surface area contributed by atoms with Gasteiger partial charge in [-0.3, -0.25) is 4.79 Å². The van der Waals surface area contributed by atoms with Crippen LogP contribution in [0, 0.1) is 12.8 Å².